The Morgan fingerprint density at radius 1 is 0.789 bits per heavy atom. The molecule has 1 atom stereocenters. The molecule has 4 aromatic rings. The Morgan fingerprint density at radius 3 is 1.95 bits per heavy atom. The van der Waals surface area contributed by atoms with Gasteiger partial charge in [-0.15, -0.1) is 0 Å². The van der Waals surface area contributed by atoms with E-state index in [0.29, 0.717) is 18.2 Å². The van der Waals surface area contributed by atoms with Crippen molar-refractivity contribution >= 4 is 28.9 Å². The normalized spacial score (nSPS) is 16.8. The van der Waals surface area contributed by atoms with E-state index in [2.05, 4.69) is 9.80 Å². The van der Waals surface area contributed by atoms with Crippen LogP contribution in [0, 0.1) is 0 Å². The topological polar surface area (TPSA) is 51.2 Å². The lowest BCUT2D eigenvalue weighted by Gasteiger charge is -2.37. The van der Waals surface area contributed by atoms with Crippen molar-refractivity contribution in [2.75, 3.05) is 37.2 Å². The van der Waals surface area contributed by atoms with E-state index < -0.39 is 5.54 Å². The van der Waals surface area contributed by atoms with Crippen LogP contribution in [0.4, 0.5) is 11.4 Å². The lowest BCUT2D eigenvalue weighted by Crippen LogP contribution is -2.51. The third-order valence-electron chi connectivity index (χ3n) is 6.89. The standard InChI is InChI=1S/C31H29ClN2O4/c1-36-28-16-12-26(13-17-28)33-21-31(24-8-10-25(32)11-9-24,30(35)38-20-23-6-4-3-5-7-23)34(22-33)27-14-18-29(37-2)19-15-27/h3-19H,20-22H2,1-2H3. The van der Waals surface area contributed by atoms with E-state index in [1.807, 2.05) is 103 Å². The number of nitrogens with zero attached hydrogens (tertiary/aromatic N) is 2. The summed E-state index contributed by atoms with van der Waals surface area (Å²) < 4.78 is 16.8. The van der Waals surface area contributed by atoms with Gasteiger partial charge in [-0.3, -0.25) is 0 Å². The van der Waals surface area contributed by atoms with Crippen LogP contribution in [-0.4, -0.2) is 33.4 Å². The first-order chi connectivity index (χ1) is 18.5. The Balaban J connectivity index is 1.60. The SMILES string of the molecule is COc1ccc(N2CN(c3ccc(OC)cc3)C(C(=O)OCc3ccccc3)(c3ccc(Cl)cc3)C2)cc1. The lowest BCUT2D eigenvalue weighted by molar-refractivity contribution is -0.151. The van der Waals surface area contributed by atoms with Crippen LogP contribution in [0.3, 0.4) is 0 Å². The van der Waals surface area contributed by atoms with Crippen molar-refractivity contribution in [2.45, 2.75) is 12.1 Å². The molecule has 0 N–H and O–H groups in total. The molecule has 0 amide bonds. The number of ether oxygens (including phenoxy) is 3. The van der Waals surface area contributed by atoms with Crippen LogP contribution in [0.15, 0.2) is 103 Å². The van der Waals surface area contributed by atoms with E-state index in [4.69, 9.17) is 25.8 Å². The maximum absolute atomic E-state index is 14.2. The fraction of sp³-hybridized carbons (Fsp3) is 0.194. The number of esters is 1. The average Bonchev–Trinajstić information content (AvgIpc) is 3.39. The largest absolute Gasteiger partial charge is 0.497 e. The van der Waals surface area contributed by atoms with E-state index in [1.54, 1.807) is 14.2 Å². The second kappa shape index (κ2) is 11.1. The molecule has 1 aliphatic heterocycles. The molecule has 1 unspecified atom stereocenters. The summed E-state index contributed by atoms with van der Waals surface area (Å²) in [5, 5.41) is 0.600. The van der Waals surface area contributed by atoms with Crippen molar-refractivity contribution in [3.8, 4) is 11.5 Å². The van der Waals surface area contributed by atoms with Crippen LogP contribution in [0.5, 0.6) is 11.5 Å². The fourth-order valence-electron chi connectivity index (χ4n) is 4.84. The highest BCUT2D eigenvalue weighted by Gasteiger charge is 2.53. The second-order valence-electron chi connectivity index (χ2n) is 9.09. The zero-order valence-corrected chi connectivity index (χ0v) is 22.1. The summed E-state index contributed by atoms with van der Waals surface area (Å²) in [4.78, 5) is 18.5. The maximum Gasteiger partial charge on any atom is 0.338 e. The maximum atomic E-state index is 14.2. The Morgan fingerprint density at radius 2 is 1.37 bits per heavy atom. The smallest absolute Gasteiger partial charge is 0.338 e. The predicted molar refractivity (Wildman–Crippen MR) is 150 cm³/mol. The van der Waals surface area contributed by atoms with Gasteiger partial charge in [0.2, 0.25) is 0 Å². The van der Waals surface area contributed by atoms with Crippen LogP contribution >= 0.6 is 11.6 Å². The summed E-state index contributed by atoms with van der Waals surface area (Å²) in [5.41, 5.74) is 2.43. The van der Waals surface area contributed by atoms with Gasteiger partial charge in [0.25, 0.3) is 0 Å². The molecule has 4 aromatic carbocycles. The minimum atomic E-state index is -1.13. The molecular weight excluding hydrogens is 500 g/mol. The molecule has 0 spiro atoms. The molecule has 38 heavy (non-hydrogen) atoms. The Labute approximate surface area is 227 Å². The average molecular weight is 529 g/mol. The van der Waals surface area contributed by atoms with Gasteiger partial charge < -0.3 is 24.0 Å². The molecule has 194 valence electrons. The fourth-order valence-corrected chi connectivity index (χ4v) is 4.97. The number of carbonyl (C=O) groups excluding carboxylic acids is 1. The van der Waals surface area contributed by atoms with Crippen LogP contribution in [0.2, 0.25) is 5.02 Å². The number of hydrogen-bond acceptors (Lipinski definition) is 6. The molecule has 6 nitrogen and oxygen atoms in total. The molecule has 0 radical (unpaired) electrons. The van der Waals surface area contributed by atoms with Gasteiger partial charge in [-0.25, -0.2) is 4.79 Å². The number of hydrogen-bond donors (Lipinski definition) is 0. The summed E-state index contributed by atoms with van der Waals surface area (Å²) in [6.07, 6.45) is 0. The highest BCUT2D eigenvalue weighted by atomic mass is 35.5. The predicted octanol–water partition coefficient (Wildman–Crippen LogP) is 6.28. The minimum absolute atomic E-state index is 0.175. The minimum Gasteiger partial charge on any atom is -0.497 e. The van der Waals surface area contributed by atoms with Crippen LogP contribution in [0.25, 0.3) is 0 Å². The lowest BCUT2D eigenvalue weighted by atomic mass is 9.88. The third kappa shape index (κ3) is 5.00. The molecule has 1 saturated heterocycles. The number of carbonyl (C=O) groups is 1. The quantitative estimate of drug-likeness (QED) is 0.251. The Kier molecular flexibility index (Phi) is 7.43. The van der Waals surface area contributed by atoms with Gasteiger partial charge in [-0.05, 0) is 71.8 Å². The molecule has 1 aliphatic rings. The highest BCUT2D eigenvalue weighted by Crippen LogP contribution is 2.42. The summed E-state index contributed by atoms with van der Waals surface area (Å²) in [6.45, 7) is 1.01. The number of methoxy groups -OCH3 is 2. The first-order valence-electron chi connectivity index (χ1n) is 12.3. The highest BCUT2D eigenvalue weighted by molar-refractivity contribution is 6.30. The zero-order chi connectivity index (χ0) is 26.5. The van der Waals surface area contributed by atoms with Crippen molar-refractivity contribution < 1.29 is 19.0 Å². The van der Waals surface area contributed by atoms with E-state index >= 15 is 0 Å². The first-order valence-corrected chi connectivity index (χ1v) is 12.7. The summed E-state index contributed by atoms with van der Waals surface area (Å²) in [6, 6.07) is 32.7. The van der Waals surface area contributed by atoms with Crippen LogP contribution < -0.4 is 19.3 Å². The monoisotopic (exact) mass is 528 g/mol. The Hall–Kier alpha value is -4.16. The Bertz CT molecular complexity index is 1360. The van der Waals surface area contributed by atoms with E-state index in [-0.39, 0.29) is 12.6 Å². The number of rotatable bonds is 8. The van der Waals surface area contributed by atoms with E-state index in [1.165, 1.54) is 0 Å². The number of halogens is 1. The summed E-state index contributed by atoms with van der Waals surface area (Å²) >= 11 is 6.26. The molecule has 0 saturated carbocycles. The molecule has 0 aliphatic carbocycles. The van der Waals surface area contributed by atoms with E-state index in [9.17, 15) is 4.79 Å². The second-order valence-corrected chi connectivity index (χ2v) is 9.53. The van der Waals surface area contributed by atoms with Crippen molar-refractivity contribution in [1.82, 2.24) is 0 Å². The molecule has 5 rings (SSSR count). The molecule has 0 bridgehead atoms. The van der Waals surface area contributed by atoms with E-state index in [0.717, 1.165) is 34.0 Å². The van der Waals surface area contributed by atoms with Gasteiger partial charge in [0, 0.05) is 16.4 Å². The van der Waals surface area contributed by atoms with Crippen LogP contribution in [-0.2, 0) is 21.7 Å². The van der Waals surface area contributed by atoms with Crippen molar-refractivity contribution in [3.05, 3.63) is 119 Å². The molecule has 1 fully saturated rings. The third-order valence-corrected chi connectivity index (χ3v) is 7.14. The van der Waals surface area contributed by atoms with Gasteiger partial charge in [-0.2, -0.15) is 0 Å². The van der Waals surface area contributed by atoms with Crippen LogP contribution in [0.1, 0.15) is 11.1 Å². The summed E-state index contributed by atoms with van der Waals surface area (Å²) in [7, 11) is 3.28. The van der Waals surface area contributed by atoms with Crippen molar-refractivity contribution in [2.24, 2.45) is 0 Å². The van der Waals surface area contributed by atoms with Gasteiger partial charge in [0.1, 0.15) is 18.1 Å². The van der Waals surface area contributed by atoms with Gasteiger partial charge in [0.05, 0.1) is 27.4 Å². The van der Waals surface area contributed by atoms with Crippen molar-refractivity contribution in [3.63, 3.8) is 0 Å². The first kappa shape index (κ1) is 25.5. The van der Waals surface area contributed by atoms with Gasteiger partial charge >= 0.3 is 5.97 Å². The number of benzene rings is 4. The molecule has 0 aromatic heterocycles. The van der Waals surface area contributed by atoms with Gasteiger partial charge in [0.15, 0.2) is 5.54 Å². The summed E-state index contributed by atoms with van der Waals surface area (Å²) in [5.74, 6) is 1.17. The van der Waals surface area contributed by atoms with Crippen molar-refractivity contribution in [1.29, 1.82) is 0 Å². The number of anilines is 2. The van der Waals surface area contributed by atoms with Gasteiger partial charge in [-0.1, -0.05) is 54.1 Å². The molecule has 7 heteroatoms. The zero-order valence-electron chi connectivity index (χ0n) is 21.3. The molecular formula is C31H29ClN2O4. The molecule has 1 heterocycles.